The molecule has 1 unspecified atom stereocenters. The van der Waals surface area contributed by atoms with Gasteiger partial charge in [0.05, 0.1) is 24.3 Å². The Morgan fingerprint density at radius 1 is 1.35 bits per heavy atom. The number of fused-ring (bicyclic) bond motifs is 1. The van der Waals surface area contributed by atoms with Crippen LogP contribution in [0.15, 0.2) is 47.6 Å². The van der Waals surface area contributed by atoms with E-state index in [-0.39, 0.29) is 5.78 Å². The Morgan fingerprint density at radius 3 is 2.78 bits per heavy atom. The molecule has 1 aromatic carbocycles. The van der Waals surface area contributed by atoms with Crippen LogP contribution in [0.25, 0.3) is 11.0 Å². The first-order valence-corrected chi connectivity index (χ1v) is 8.17. The summed E-state index contributed by atoms with van der Waals surface area (Å²) in [6, 6.07) is 7.69. The third-order valence-electron chi connectivity index (χ3n) is 4.83. The molecule has 2 aromatic rings. The van der Waals surface area contributed by atoms with Gasteiger partial charge in [0, 0.05) is 18.5 Å². The number of hydrogen-bond donors (Lipinski definition) is 0. The second-order valence-electron chi connectivity index (χ2n) is 5.95. The van der Waals surface area contributed by atoms with E-state index in [9.17, 15) is 4.79 Å². The molecule has 4 heteroatoms. The summed E-state index contributed by atoms with van der Waals surface area (Å²) in [6.45, 7) is 8.81. The topological polar surface area (TPSA) is 42.7 Å². The van der Waals surface area contributed by atoms with Crippen LogP contribution in [0.2, 0.25) is 0 Å². The highest BCUT2D eigenvalue weighted by atomic mass is 16.5. The lowest BCUT2D eigenvalue weighted by atomic mass is 9.81. The van der Waals surface area contributed by atoms with Gasteiger partial charge in [-0.05, 0) is 18.9 Å². The van der Waals surface area contributed by atoms with Crippen LogP contribution in [0, 0.1) is 0 Å². The van der Waals surface area contributed by atoms with Gasteiger partial charge in [0.15, 0.2) is 5.78 Å². The number of ether oxygens (including phenoxy) is 1. The molecule has 1 aliphatic rings. The van der Waals surface area contributed by atoms with Crippen LogP contribution >= 0.6 is 0 Å². The normalized spacial score (nSPS) is 18.7. The molecule has 0 bridgehead atoms. The molecular formula is C19H23NO3. The minimum absolute atomic E-state index is 0.117. The van der Waals surface area contributed by atoms with Gasteiger partial charge < -0.3 is 9.15 Å². The van der Waals surface area contributed by atoms with Gasteiger partial charge in [0.1, 0.15) is 11.8 Å². The Labute approximate surface area is 136 Å². The molecule has 0 aliphatic carbocycles. The van der Waals surface area contributed by atoms with Crippen molar-refractivity contribution in [1.29, 1.82) is 0 Å². The van der Waals surface area contributed by atoms with Gasteiger partial charge in [0.2, 0.25) is 0 Å². The van der Waals surface area contributed by atoms with Gasteiger partial charge >= 0.3 is 0 Å². The second-order valence-corrected chi connectivity index (χ2v) is 5.95. The van der Waals surface area contributed by atoms with E-state index in [4.69, 9.17) is 9.15 Å². The van der Waals surface area contributed by atoms with Crippen molar-refractivity contribution in [3.05, 3.63) is 48.7 Å². The molecule has 3 rings (SSSR count). The van der Waals surface area contributed by atoms with Crippen molar-refractivity contribution in [2.45, 2.75) is 25.3 Å². The fraction of sp³-hybridized carbons (Fsp3) is 0.421. The first-order valence-electron chi connectivity index (χ1n) is 8.17. The fourth-order valence-corrected chi connectivity index (χ4v) is 3.53. The number of Topliss-reactive ketones (excluding diaryl/α,β-unsaturated/α-hetero) is 1. The number of nitrogens with zero attached hydrogens (tertiary/aromatic N) is 1. The third kappa shape index (κ3) is 2.73. The lowest BCUT2D eigenvalue weighted by molar-refractivity contribution is -0.0154. The van der Waals surface area contributed by atoms with Crippen LogP contribution in [0.1, 0.15) is 30.1 Å². The lowest BCUT2D eigenvalue weighted by Gasteiger charge is -2.43. The molecule has 1 fully saturated rings. The zero-order valence-corrected chi connectivity index (χ0v) is 13.6. The van der Waals surface area contributed by atoms with Crippen LogP contribution in [0.4, 0.5) is 0 Å². The molecule has 1 atom stereocenters. The fourth-order valence-electron chi connectivity index (χ4n) is 3.53. The zero-order valence-electron chi connectivity index (χ0n) is 13.6. The maximum atomic E-state index is 13.5. The Morgan fingerprint density at radius 2 is 2.09 bits per heavy atom. The Hall–Kier alpha value is -1.91. The van der Waals surface area contributed by atoms with E-state index in [0.29, 0.717) is 25.2 Å². The molecule has 0 saturated carbocycles. The SMILES string of the molecule is C=CCC(CC)(C(=O)c1coc2ccccc12)N1CCOCC1. The number of para-hydroxylation sites is 1. The first-order chi connectivity index (χ1) is 11.2. The number of rotatable bonds is 6. The van der Waals surface area contributed by atoms with Crippen molar-refractivity contribution in [3.8, 4) is 0 Å². The number of carbonyl (C=O) groups excluding carboxylic acids is 1. The van der Waals surface area contributed by atoms with Crippen molar-refractivity contribution >= 4 is 16.8 Å². The second kappa shape index (κ2) is 6.69. The summed E-state index contributed by atoms with van der Waals surface area (Å²) in [6.07, 6.45) is 4.80. The standard InChI is InChI=1S/C19H23NO3/c1-3-9-19(4-2,20-10-12-22-13-11-20)18(21)16-14-23-17-8-6-5-7-15(16)17/h3,5-8,14H,1,4,9-13H2,2H3. The van der Waals surface area contributed by atoms with Crippen molar-refractivity contribution in [2.75, 3.05) is 26.3 Å². The molecule has 2 heterocycles. The Kier molecular flexibility index (Phi) is 4.64. The maximum absolute atomic E-state index is 13.5. The average molecular weight is 313 g/mol. The maximum Gasteiger partial charge on any atom is 0.187 e. The quantitative estimate of drug-likeness (QED) is 0.603. The van der Waals surface area contributed by atoms with Gasteiger partial charge in [-0.1, -0.05) is 31.2 Å². The van der Waals surface area contributed by atoms with Crippen LogP contribution in [0.3, 0.4) is 0 Å². The summed E-state index contributed by atoms with van der Waals surface area (Å²) in [5.41, 5.74) is 0.843. The van der Waals surface area contributed by atoms with Gasteiger partial charge in [-0.15, -0.1) is 6.58 Å². The molecule has 4 nitrogen and oxygen atoms in total. The van der Waals surface area contributed by atoms with E-state index < -0.39 is 5.54 Å². The van der Waals surface area contributed by atoms with Gasteiger partial charge in [0.25, 0.3) is 0 Å². The Balaban J connectivity index is 2.04. The van der Waals surface area contributed by atoms with Crippen molar-refractivity contribution in [3.63, 3.8) is 0 Å². The summed E-state index contributed by atoms with van der Waals surface area (Å²) >= 11 is 0. The highest BCUT2D eigenvalue weighted by Crippen LogP contribution is 2.33. The number of hydrogen-bond acceptors (Lipinski definition) is 4. The minimum Gasteiger partial charge on any atom is -0.464 e. The number of furan rings is 1. The monoisotopic (exact) mass is 313 g/mol. The highest BCUT2D eigenvalue weighted by molar-refractivity contribution is 6.11. The largest absolute Gasteiger partial charge is 0.464 e. The van der Waals surface area contributed by atoms with Crippen molar-refractivity contribution in [2.24, 2.45) is 0 Å². The predicted octanol–water partition coefficient (Wildman–Crippen LogP) is 3.67. The minimum atomic E-state index is -0.571. The molecule has 0 amide bonds. The molecule has 0 radical (unpaired) electrons. The summed E-state index contributed by atoms with van der Waals surface area (Å²) in [5.74, 6) is 0.117. The Bertz CT molecular complexity index is 699. The number of ketones is 1. The highest BCUT2D eigenvalue weighted by Gasteiger charge is 2.43. The smallest absolute Gasteiger partial charge is 0.187 e. The molecule has 1 saturated heterocycles. The number of benzene rings is 1. The van der Waals surface area contributed by atoms with Crippen molar-refractivity contribution < 1.29 is 13.9 Å². The van der Waals surface area contributed by atoms with Crippen LogP contribution in [-0.2, 0) is 4.74 Å². The van der Waals surface area contributed by atoms with E-state index in [0.717, 1.165) is 30.5 Å². The molecule has 0 N–H and O–H groups in total. The van der Waals surface area contributed by atoms with E-state index >= 15 is 0 Å². The van der Waals surface area contributed by atoms with E-state index in [1.807, 2.05) is 30.3 Å². The first kappa shape index (κ1) is 16.0. The summed E-state index contributed by atoms with van der Waals surface area (Å²) in [4.78, 5) is 15.7. The molecular weight excluding hydrogens is 290 g/mol. The molecule has 122 valence electrons. The average Bonchev–Trinajstić information content (AvgIpc) is 3.04. The molecule has 23 heavy (non-hydrogen) atoms. The molecule has 1 aromatic heterocycles. The molecule has 1 aliphatic heterocycles. The van der Waals surface area contributed by atoms with Gasteiger partial charge in [-0.25, -0.2) is 0 Å². The summed E-state index contributed by atoms with van der Waals surface area (Å²) in [5, 5.41) is 0.882. The zero-order chi connectivity index (χ0) is 16.3. The van der Waals surface area contributed by atoms with Gasteiger partial charge in [-0.3, -0.25) is 9.69 Å². The van der Waals surface area contributed by atoms with E-state index in [2.05, 4.69) is 18.4 Å². The van der Waals surface area contributed by atoms with E-state index in [1.54, 1.807) is 6.26 Å². The van der Waals surface area contributed by atoms with Crippen LogP contribution in [0.5, 0.6) is 0 Å². The predicted molar refractivity (Wildman–Crippen MR) is 90.8 cm³/mol. The lowest BCUT2D eigenvalue weighted by Crippen LogP contribution is -2.57. The summed E-state index contributed by atoms with van der Waals surface area (Å²) < 4.78 is 11.0. The van der Waals surface area contributed by atoms with E-state index in [1.165, 1.54) is 0 Å². The van der Waals surface area contributed by atoms with Crippen molar-refractivity contribution in [1.82, 2.24) is 4.90 Å². The van der Waals surface area contributed by atoms with Crippen LogP contribution < -0.4 is 0 Å². The summed E-state index contributed by atoms with van der Waals surface area (Å²) in [7, 11) is 0. The third-order valence-corrected chi connectivity index (χ3v) is 4.83. The van der Waals surface area contributed by atoms with Crippen LogP contribution in [-0.4, -0.2) is 42.5 Å². The number of morpholine rings is 1. The molecule has 0 spiro atoms. The van der Waals surface area contributed by atoms with Gasteiger partial charge in [-0.2, -0.15) is 0 Å². The number of carbonyl (C=O) groups is 1.